The summed E-state index contributed by atoms with van der Waals surface area (Å²) in [5.41, 5.74) is 1.54. The van der Waals surface area contributed by atoms with E-state index in [9.17, 15) is 0 Å². The first-order valence-electron chi connectivity index (χ1n) is 5.98. The van der Waals surface area contributed by atoms with Crippen LogP contribution in [0.4, 0.5) is 5.69 Å². The van der Waals surface area contributed by atoms with E-state index in [1.807, 2.05) is 12.1 Å². The van der Waals surface area contributed by atoms with Crippen LogP contribution in [0.15, 0.2) is 18.3 Å². The van der Waals surface area contributed by atoms with Crippen molar-refractivity contribution in [2.45, 2.75) is 31.7 Å². The van der Waals surface area contributed by atoms with Gasteiger partial charge in [0.25, 0.3) is 0 Å². The predicted molar refractivity (Wildman–Crippen MR) is 61.8 cm³/mol. The molecule has 16 heavy (non-hydrogen) atoms. The molecule has 0 saturated heterocycles. The van der Waals surface area contributed by atoms with Crippen molar-refractivity contribution < 1.29 is 0 Å². The number of fused-ring (bicyclic) bond motifs is 2. The summed E-state index contributed by atoms with van der Waals surface area (Å²) in [4.78, 5) is 3.98. The Labute approximate surface area is 95.5 Å². The Morgan fingerprint density at radius 1 is 1.38 bits per heavy atom. The van der Waals surface area contributed by atoms with Gasteiger partial charge in [-0.2, -0.15) is 5.26 Å². The fourth-order valence-electron chi connectivity index (χ4n) is 3.22. The molecule has 3 atom stereocenters. The van der Waals surface area contributed by atoms with Crippen molar-refractivity contribution in [3.8, 4) is 6.07 Å². The fraction of sp³-hybridized carbons (Fsp3) is 0.538. The summed E-state index contributed by atoms with van der Waals surface area (Å²) in [6.07, 6.45) is 7.19. The fourth-order valence-corrected chi connectivity index (χ4v) is 3.22. The Morgan fingerprint density at radius 2 is 2.31 bits per heavy atom. The Morgan fingerprint density at radius 3 is 3.00 bits per heavy atom. The minimum atomic E-state index is 0.494. The summed E-state index contributed by atoms with van der Waals surface area (Å²) < 4.78 is 0. The average Bonchev–Trinajstić information content (AvgIpc) is 2.91. The Kier molecular flexibility index (Phi) is 2.28. The molecule has 2 fully saturated rings. The van der Waals surface area contributed by atoms with Crippen molar-refractivity contribution in [1.29, 1.82) is 5.26 Å². The van der Waals surface area contributed by atoms with E-state index in [1.54, 1.807) is 6.20 Å². The van der Waals surface area contributed by atoms with Crippen molar-refractivity contribution >= 4 is 5.69 Å². The third kappa shape index (κ3) is 1.65. The van der Waals surface area contributed by atoms with Crippen LogP contribution in [0.2, 0.25) is 0 Å². The Hall–Kier alpha value is -1.56. The first-order valence-corrected chi connectivity index (χ1v) is 5.98. The number of nitrogens with zero attached hydrogens (tertiary/aromatic N) is 2. The van der Waals surface area contributed by atoms with Gasteiger partial charge in [0, 0.05) is 17.9 Å². The molecule has 1 aromatic heterocycles. The molecule has 3 heteroatoms. The molecule has 1 aromatic rings. The summed E-state index contributed by atoms with van der Waals surface area (Å²) in [5, 5.41) is 12.3. The van der Waals surface area contributed by atoms with E-state index in [0.717, 1.165) is 17.5 Å². The molecular formula is C13H15N3. The van der Waals surface area contributed by atoms with E-state index in [4.69, 9.17) is 5.26 Å². The maximum atomic E-state index is 8.79. The van der Waals surface area contributed by atoms with Crippen molar-refractivity contribution in [3.63, 3.8) is 0 Å². The summed E-state index contributed by atoms with van der Waals surface area (Å²) >= 11 is 0. The topological polar surface area (TPSA) is 48.7 Å². The smallest absolute Gasteiger partial charge is 0.142 e. The molecule has 1 heterocycles. The predicted octanol–water partition coefficient (Wildman–Crippen LogP) is 2.55. The van der Waals surface area contributed by atoms with Gasteiger partial charge in [-0.25, -0.2) is 4.98 Å². The molecule has 3 unspecified atom stereocenters. The van der Waals surface area contributed by atoms with Gasteiger partial charge in [0.1, 0.15) is 11.8 Å². The van der Waals surface area contributed by atoms with Gasteiger partial charge in [-0.15, -0.1) is 0 Å². The lowest BCUT2D eigenvalue weighted by Gasteiger charge is -2.23. The number of hydrogen-bond donors (Lipinski definition) is 1. The highest BCUT2D eigenvalue weighted by atomic mass is 14.9. The average molecular weight is 213 g/mol. The first kappa shape index (κ1) is 9.65. The second-order valence-electron chi connectivity index (χ2n) is 4.97. The molecule has 3 rings (SSSR count). The molecule has 0 spiro atoms. The van der Waals surface area contributed by atoms with Crippen LogP contribution in [0.1, 0.15) is 31.4 Å². The van der Waals surface area contributed by atoms with Gasteiger partial charge < -0.3 is 5.32 Å². The summed E-state index contributed by atoms with van der Waals surface area (Å²) in [6, 6.07) is 6.48. The zero-order valence-corrected chi connectivity index (χ0v) is 9.19. The highest BCUT2D eigenvalue weighted by Crippen LogP contribution is 2.45. The van der Waals surface area contributed by atoms with Gasteiger partial charge >= 0.3 is 0 Å². The molecule has 2 aliphatic carbocycles. The molecule has 3 nitrogen and oxygen atoms in total. The van der Waals surface area contributed by atoms with Crippen LogP contribution in [0.25, 0.3) is 0 Å². The van der Waals surface area contributed by atoms with Crippen LogP contribution in [0.3, 0.4) is 0 Å². The lowest BCUT2D eigenvalue weighted by molar-refractivity contribution is 0.440. The van der Waals surface area contributed by atoms with E-state index in [2.05, 4.69) is 16.4 Å². The molecule has 2 aliphatic rings. The number of aromatic nitrogens is 1. The van der Waals surface area contributed by atoms with Gasteiger partial charge in [-0.1, -0.05) is 6.42 Å². The number of nitriles is 1. The molecule has 0 radical (unpaired) electrons. The monoisotopic (exact) mass is 213 g/mol. The molecule has 2 saturated carbocycles. The molecular weight excluding hydrogens is 198 g/mol. The maximum absolute atomic E-state index is 8.79. The first-order chi connectivity index (χ1) is 7.85. The lowest BCUT2D eigenvalue weighted by atomic mass is 9.95. The summed E-state index contributed by atoms with van der Waals surface area (Å²) in [7, 11) is 0. The van der Waals surface area contributed by atoms with Gasteiger partial charge in [-0.05, 0) is 43.2 Å². The minimum absolute atomic E-state index is 0.494. The molecule has 0 aromatic carbocycles. The van der Waals surface area contributed by atoms with Crippen LogP contribution in [0, 0.1) is 23.2 Å². The Balaban J connectivity index is 1.72. The van der Waals surface area contributed by atoms with Gasteiger partial charge in [-0.3, -0.25) is 0 Å². The highest BCUT2D eigenvalue weighted by molar-refractivity contribution is 5.47. The number of rotatable bonds is 2. The maximum Gasteiger partial charge on any atom is 0.142 e. The minimum Gasteiger partial charge on any atom is -0.382 e. The highest BCUT2D eigenvalue weighted by Gasteiger charge is 2.39. The van der Waals surface area contributed by atoms with E-state index in [1.165, 1.54) is 25.7 Å². The standard InChI is InChI=1S/C13H15N3/c14-8-12-7-11(3-4-15-12)16-13-6-9-1-2-10(13)5-9/h3-4,7,9-10,13H,1-2,5-6H2,(H,15,16). The van der Waals surface area contributed by atoms with Gasteiger partial charge in [0.2, 0.25) is 0 Å². The second kappa shape index (κ2) is 3.79. The molecule has 0 amide bonds. The SMILES string of the molecule is N#Cc1cc(NC2CC3CCC2C3)ccn1. The molecule has 1 N–H and O–H groups in total. The van der Waals surface area contributed by atoms with Crippen LogP contribution in [0.5, 0.6) is 0 Å². The van der Waals surface area contributed by atoms with Crippen molar-refractivity contribution in [1.82, 2.24) is 4.98 Å². The van der Waals surface area contributed by atoms with E-state index < -0.39 is 0 Å². The number of anilines is 1. The zero-order chi connectivity index (χ0) is 11.0. The number of pyridine rings is 1. The van der Waals surface area contributed by atoms with Crippen molar-refractivity contribution in [2.24, 2.45) is 11.8 Å². The van der Waals surface area contributed by atoms with Crippen LogP contribution in [-0.4, -0.2) is 11.0 Å². The normalized spacial score (nSPS) is 31.3. The molecule has 2 bridgehead atoms. The molecule has 82 valence electrons. The second-order valence-corrected chi connectivity index (χ2v) is 4.97. The number of hydrogen-bond acceptors (Lipinski definition) is 3. The van der Waals surface area contributed by atoms with Crippen LogP contribution in [-0.2, 0) is 0 Å². The summed E-state index contributed by atoms with van der Waals surface area (Å²) in [6.45, 7) is 0. The quantitative estimate of drug-likeness (QED) is 0.821. The van der Waals surface area contributed by atoms with Crippen LogP contribution < -0.4 is 5.32 Å². The van der Waals surface area contributed by atoms with Crippen molar-refractivity contribution in [2.75, 3.05) is 5.32 Å². The largest absolute Gasteiger partial charge is 0.382 e. The van der Waals surface area contributed by atoms with Gasteiger partial charge in [0.15, 0.2) is 0 Å². The van der Waals surface area contributed by atoms with E-state index >= 15 is 0 Å². The summed E-state index contributed by atoms with van der Waals surface area (Å²) in [5.74, 6) is 1.79. The number of nitrogens with one attached hydrogen (secondary N) is 1. The van der Waals surface area contributed by atoms with Crippen LogP contribution >= 0.6 is 0 Å². The third-order valence-corrected chi connectivity index (χ3v) is 3.96. The molecule has 0 aliphatic heterocycles. The third-order valence-electron chi connectivity index (χ3n) is 3.96. The van der Waals surface area contributed by atoms with Crippen molar-refractivity contribution in [3.05, 3.63) is 24.0 Å². The van der Waals surface area contributed by atoms with E-state index in [0.29, 0.717) is 11.7 Å². The van der Waals surface area contributed by atoms with Gasteiger partial charge in [0.05, 0.1) is 0 Å². The Bertz CT molecular complexity index is 435. The van der Waals surface area contributed by atoms with E-state index in [-0.39, 0.29) is 0 Å². The lowest BCUT2D eigenvalue weighted by Crippen LogP contribution is -2.25. The zero-order valence-electron chi connectivity index (χ0n) is 9.19.